The molecule has 1 aromatic heterocycles. The Hall–Kier alpha value is -3.11. The van der Waals surface area contributed by atoms with Crippen molar-refractivity contribution in [2.75, 3.05) is 29.9 Å². The molecule has 1 amide bonds. The molecule has 2 aromatic carbocycles. The molecule has 1 atom stereocenters. The number of carbonyl (C=O) groups is 1. The summed E-state index contributed by atoms with van der Waals surface area (Å²) in [5, 5.41) is 14.2. The van der Waals surface area contributed by atoms with E-state index in [1.54, 1.807) is 0 Å². The monoisotopic (exact) mass is 426 g/mol. The summed E-state index contributed by atoms with van der Waals surface area (Å²) in [6, 6.07) is 14.4. The van der Waals surface area contributed by atoms with E-state index in [1.807, 2.05) is 60.4 Å². The van der Waals surface area contributed by atoms with Gasteiger partial charge in [0, 0.05) is 18.8 Å². The second-order valence-corrected chi connectivity index (χ2v) is 9.55. The second-order valence-electron chi connectivity index (χ2n) is 7.24. The van der Waals surface area contributed by atoms with Crippen molar-refractivity contribution in [3.8, 4) is 5.69 Å². The van der Waals surface area contributed by atoms with Gasteiger partial charge >= 0.3 is 0 Å². The van der Waals surface area contributed by atoms with Crippen molar-refractivity contribution >= 4 is 21.4 Å². The lowest BCUT2D eigenvalue weighted by atomic mass is 10.0. The summed E-state index contributed by atoms with van der Waals surface area (Å²) in [5.74, 6) is -0.105. The molecule has 0 saturated carbocycles. The Morgan fingerprint density at radius 1 is 1.10 bits per heavy atom. The molecular weight excluding hydrogens is 404 g/mol. The molecule has 1 saturated heterocycles. The second kappa shape index (κ2) is 8.33. The van der Waals surface area contributed by atoms with Gasteiger partial charge in [-0.1, -0.05) is 36.4 Å². The number of hydrogen-bond acceptors (Lipinski definition) is 7. The molecule has 2 heterocycles. The molecule has 1 fully saturated rings. The Kier molecular flexibility index (Phi) is 5.60. The maximum Gasteiger partial charge on any atom is 0.246 e. The zero-order chi connectivity index (χ0) is 21.1. The van der Waals surface area contributed by atoms with Crippen LogP contribution in [0.4, 0.5) is 5.69 Å². The quantitative estimate of drug-likeness (QED) is 0.656. The van der Waals surface area contributed by atoms with Crippen LogP contribution in [0, 0.1) is 6.92 Å². The minimum absolute atomic E-state index is 0.0530. The summed E-state index contributed by atoms with van der Waals surface area (Å²) in [4.78, 5) is 15.3. The Bertz CT molecular complexity index is 1120. The summed E-state index contributed by atoms with van der Waals surface area (Å²) in [7, 11) is -3.05. The molecule has 3 aromatic rings. The van der Waals surface area contributed by atoms with Crippen LogP contribution in [0.25, 0.3) is 5.69 Å². The molecule has 30 heavy (non-hydrogen) atoms. The highest BCUT2D eigenvalue weighted by molar-refractivity contribution is 7.91. The van der Waals surface area contributed by atoms with Crippen molar-refractivity contribution in [3.63, 3.8) is 0 Å². The molecule has 0 spiro atoms. The highest BCUT2D eigenvalue weighted by atomic mass is 32.2. The molecule has 1 N–H and O–H groups in total. The van der Waals surface area contributed by atoms with Gasteiger partial charge in [0.1, 0.15) is 12.4 Å². The lowest BCUT2D eigenvalue weighted by molar-refractivity contribution is -0.121. The SMILES string of the molecule is Cc1ccc(-n2cnnn2)cc1NC(=O)C(c1ccccc1)N1CCS(=O)(=O)CC1. The Labute approximate surface area is 174 Å². The number of nitrogens with zero attached hydrogens (tertiary/aromatic N) is 5. The van der Waals surface area contributed by atoms with E-state index < -0.39 is 15.9 Å². The molecular formula is C20H22N6O3S. The van der Waals surface area contributed by atoms with Gasteiger partial charge in [0.15, 0.2) is 9.84 Å². The van der Waals surface area contributed by atoms with Crippen molar-refractivity contribution < 1.29 is 13.2 Å². The van der Waals surface area contributed by atoms with Crippen LogP contribution in [-0.2, 0) is 14.6 Å². The van der Waals surface area contributed by atoms with Crippen LogP contribution < -0.4 is 5.32 Å². The fourth-order valence-corrected chi connectivity index (χ4v) is 4.75. The van der Waals surface area contributed by atoms with Crippen LogP contribution in [0.15, 0.2) is 54.9 Å². The number of amides is 1. The van der Waals surface area contributed by atoms with Gasteiger partial charge in [-0.05, 0) is 40.6 Å². The Morgan fingerprint density at radius 3 is 2.50 bits per heavy atom. The van der Waals surface area contributed by atoms with Crippen LogP contribution >= 0.6 is 0 Å². The van der Waals surface area contributed by atoms with E-state index in [1.165, 1.54) is 11.0 Å². The third kappa shape index (κ3) is 4.39. The van der Waals surface area contributed by atoms with E-state index in [0.717, 1.165) is 16.8 Å². The average molecular weight is 427 g/mol. The minimum Gasteiger partial charge on any atom is -0.324 e. The number of sulfone groups is 1. The van der Waals surface area contributed by atoms with E-state index in [0.29, 0.717) is 18.8 Å². The first-order chi connectivity index (χ1) is 14.4. The van der Waals surface area contributed by atoms with Gasteiger partial charge < -0.3 is 5.32 Å². The van der Waals surface area contributed by atoms with Crippen molar-refractivity contribution in [3.05, 3.63) is 66.0 Å². The zero-order valence-corrected chi connectivity index (χ0v) is 17.3. The first kappa shape index (κ1) is 20.2. The maximum atomic E-state index is 13.4. The smallest absolute Gasteiger partial charge is 0.246 e. The number of aryl methyl sites for hydroxylation is 1. The largest absolute Gasteiger partial charge is 0.324 e. The van der Waals surface area contributed by atoms with Crippen LogP contribution in [-0.4, -0.2) is 64.0 Å². The fourth-order valence-electron chi connectivity index (χ4n) is 3.52. The third-order valence-electron chi connectivity index (χ3n) is 5.20. The van der Waals surface area contributed by atoms with E-state index >= 15 is 0 Å². The Morgan fingerprint density at radius 2 is 1.83 bits per heavy atom. The van der Waals surface area contributed by atoms with Gasteiger partial charge in [-0.25, -0.2) is 13.1 Å². The standard InChI is InChI=1S/C20H22N6O3S/c1-15-7-8-17(26-14-21-23-24-26)13-18(15)22-20(27)19(16-5-3-2-4-6-16)25-9-11-30(28,29)12-10-25/h2-8,13-14,19H,9-12H2,1H3,(H,22,27). The molecule has 1 aliphatic rings. The predicted molar refractivity (Wildman–Crippen MR) is 112 cm³/mol. The summed E-state index contributed by atoms with van der Waals surface area (Å²) in [5.41, 5.74) is 3.09. The van der Waals surface area contributed by atoms with Crippen molar-refractivity contribution in [1.29, 1.82) is 0 Å². The van der Waals surface area contributed by atoms with E-state index in [9.17, 15) is 13.2 Å². The Balaban J connectivity index is 1.62. The first-order valence-electron chi connectivity index (χ1n) is 9.57. The van der Waals surface area contributed by atoms with Gasteiger partial charge in [0.05, 0.1) is 17.2 Å². The van der Waals surface area contributed by atoms with E-state index in [4.69, 9.17) is 0 Å². The highest BCUT2D eigenvalue weighted by Gasteiger charge is 2.32. The first-order valence-corrected chi connectivity index (χ1v) is 11.4. The lowest BCUT2D eigenvalue weighted by Crippen LogP contribution is -2.46. The molecule has 4 rings (SSSR count). The molecule has 9 nitrogen and oxygen atoms in total. The average Bonchev–Trinajstić information content (AvgIpc) is 3.27. The van der Waals surface area contributed by atoms with Crippen molar-refractivity contribution in [1.82, 2.24) is 25.1 Å². The lowest BCUT2D eigenvalue weighted by Gasteiger charge is -2.33. The third-order valence-corrected chi connectivity index (χ3v) is 6.81. The normalized spacial score (nSPS) is 17.4. The van der Waals surface area contributed by atoms with Gasteiger partial charge in [0.25, 0.3) is 0 Å². The molecule has 0 bridgehead atoms. The van der Waals surface area contributed by atoms with Crippen LogP contribution in [0.5, 0.6) is 0 Å². The predicted octanol–water partition coefficient (Wildman–Crippen LogP) is 1.38. The van der Waals surface area contributed by atoms with Gasteiger partial charge in [-0.3, -0.25) is 9.69 Å². The van der Waals surface area contributed by atoms with Gasteiger partial charge in [-0.2, -0.15) is 0 Å². The molecule has 0 radical (unpaired) electrons. The number of hydrogen-bond donors (Lipinski definition) is 1. The van der Waals surface area contributed by atoms with Gasteiger partial charge in [-0.15, -0.1) is 5.10 Å². The number of nitrogens with one attached hydrogen (secondary N) is 1. The zero-order valence-electron chi connectivity index (χ0n) is 16.5. The number of rotatable bonds is 5. The molecule has 1 aliphatic heterocycles. The molecule has 0 aliphatic carbocycles. The summed E-state index contributed by atoms with van der Waals surface area (Å²) in [6.07, 6.45) is 1.48. The number of anilines is 1. The van der Waals surface area contributed by atoms with E-state index in [-0.39, 0.29) is 17.4 Å². The van der Waals surface area contributed by atoms with Crippen LogP contribution in [0.2, 0.25) is 0 Å². The summed E-state index contributed by atoms with van der Waals surface area (Å²) in [6.45, 7) is 2.54. The van der Waals surface area contributed by atoms with E-state index in [2.05, 4.69) is 20.8 Å². The molecule has 10 heteroatoms. The van der Waals surface area contributed by atoms with Gasteiger partial charge in [0.2, 0.25) is 5.91 Å². The number of tetrazole rings is 1. The van der Waals surface area contributed by atoms with Crippen molar-refractivity contribution in [2.24, 2.45) is 0 Å². The fraction of sp³-hybridized carbons (Fsp3) is 0.300. The summed E-state index contributed by atoms with van der Waals surface area (Å²) >= 11 is 0. The van der Waals surface area contributed by atoms with Crippen LogP contribution in [0.3, 0.4) is 0 Å². The van der Waals surface area contributed by atoms with Crippen LogP contribution in [0.1, 0.15) is 17.2 Å². The number of benzene rings is 2. The summed E-state index contributed by atoms with van der Waals surface area (Å²) < 4.78 is 25.2. The highest BCUT2D eigenvalue weighted by Crippen LogP contribution is 2.26. The topological polar surface area (TPSA) is 110 Å². The molecule has 1 unspecified atom stereocenters. The molecule has 156 valence electrons. The van der Waals surface area contributed by atoms with Crippen molar-refractivity contribution in [2.45, 2.75) is 13.0 Å². The number of aromatic nitrogens is 4. The number of carbonyl (C=O) groups excluding carboxylic acids is 1. The minimum atomic E-state index is -3.05. The maximum absolute atomic E-state index is 13.4.